The fourth-order valence-electron chi connectivity index (χ4n) is 3.39. The van der Waals surface area contributed by atoms with E-state index in [4.69, 9.17) is 4.74 Å². The van der Waals surface area contributed by atoms with Crippen LogP contribution in [0.4, 0.5) is 13.2 Å². The van der Waals surface area contributed by atoms with E-state index in [2.05, 4.69) is 9.72 Å². The van der Waals surface area contributed by atoms with Crippen molar-refractivity contribution in [3.63, 3.8) is 0 Å². The summed E-state index contributed by atoms with van der Waals surface area (Å²) in [6, 6.07) is 3.94. The Hall–Kier alpha value is -2.36. The van der Waals surface area contributed by atoms with Crippen molar-refractivity contribution < 1.29 is 37.3 Å². The van der Waals surface area contributed by atoms with E-state index >= 15 is 0 Å². The van der Waals surface area contributed by atoms with Gasteiger partial charge in [-0.2, -0.15) is 13.2 Å². The molecule has 0 aliphatic carbocycles. The van der Waals surface area contributed by atoms with Gasteiger partial charge in [0.05, 0.1) is 12.0 Å². The van der Waals surface area contributed by atoms with Gasteiger partial charge in [-0.15, -0.1) is 0 Å². The van der Waals surface area contributed by atoms with Crippen molar-refractivity contribution in [1.29, 1.82) is 0 Å². The number of carbonyl (C=O) groups excluding carboxylic acids is 1. The maximum absolute atomic E-state index is 12.7. The fraction of sp³-hybridized carbons (Fsp3) is 0.562. The molecule has 2 saturated heterocycles. The molecule has 2 aliphatic rings. The van der Waals surface area contributed by atoms with Crippen LogP contribution in [0.25, 0.3) is 0 Å². The zero-order valence-corrected chi connectivity index (χ0v) is 13.7. The van der Waals surface area contributed by atoms with Gasteiger partial charge in [0, 0.05) is 31.7 Å². The van der Waals surface area contributed by atoms with Gasteiger partial charge in [0.15, 0.2) is 6.61 Å². The molecule has 0 saturated carbocycles. The quantitative estimate of drug-likeness (QED) is 0.861. The summed E-state index contributed by atoms with van der Waals surface area (Å²) in [7, 11) is 0. The number of carboxylic acid groups (broad SMARTS) is 1. The molecule has 1 N–H and O–H groups in total. The van der Waals surface area contributed by atoms with E-state index in [0.717, 1.165) is 0 Å². The lowest BCUT2D eigenvalue weighted by molar-refractivity contribution is -0.157. The predicted octanol–water partition coefficient (Wildman–Crippen LogP) is 1.59. The summed E-state index contributed by atoms with van der Waals surface area (Å²) in [6.07, 6.45) is -4.21. The minimum atomic E-state index is -4.51. The van der Waals surface area contributed by atoms with Gasteiger partial charge >= 0.3 is 12.1 Å². The van der Waals surface area contributed by atoms with Gasteiger partial charge in [0.2, 0.25) is 5.88 Å². The van der Waals surface area contributed by atoms with Crippen molar-refractivity contribution in [2.75, 3.05) is 32.9 Å². The monoisotopic (exact) mass is 374 g/mol. The van der Waals surface area contributed by atoms with E-state index in [1.54, 1.807) is 0 Å². The topological polar surface area (TPSA) is 89.0 Å². The van der Waals surface area contributed by atoms with Gasteiger partial charge in [-0.1, -0.05) is 6.07 Å². The number of likely N-dealkylation sites (tertiary alicyclic amines) is 1. The van der Waals surface area contributed by atoms with Crippen LogP contribution in [-0.2, 0) is 9.53 Å². The van der Waals surface area contributed by atoms with E-state index in [-0.39, 0.29) is 37.2 Å². The number of hydrogen-bond donors (Lipinski definition) is 1. The molecule has 2 atom stereocenters. The Morgan fingerprint density at radius 2 is 2.19 bits per heavy atom. The van der Waals surface area contributed by atoms with E-state index in [1.807, 2.05) is 0 Å². The molecule has 2 fully saturated rings. The first-order chi connectivity index (χ1) is 12.2. The number of carboxylic acids is 1. The Morgan fingerprint density at radius 3 is 2.85 bits per heavy atom. The van der Waals surface area contributed by atoms with Crippen LogP contribution < -0.4 is 4.74 Å². The molecule has 2 aliphatic heterocycles. The Labute approximate surface area is 146 Å². The van der Waals surface area contributed by atoms with Crippen LogP contribution >= 0.6 is 0 Å². The molecule has 0 unspecified atom stereocenters. The third kappa shape index (κ3) is 3.59. The van der Waals surface area contributed by atoms with Crippen molar-refractivity contribution in [1.82, 2.24) is 9.88 Å². The minimum absolute atomic E-state index is 0.0184. The molecule has 0 bridgehead atoms. The number of ether oxygens (including phenoxy) is 2. The van der Waals surface area contributed by atoms with Gasteiger partial charge < -0.3 is 19.5 Å². The zero-order valence-electron chi connectivity index (χ0n) is 13.7. The number of amides is 1. The smallest absolute Gasteiger partial charge is 0.422 e. The third-order valence-electron chi connectivity index (χ3n) is 4.75. The van der Waals surface area contributed by atoms with Crippen LogP contribution in [0.2, 0.25) is 0 Å². The minimum Gasteiger partial charge on any atom is -0.481 e. The average Bonchev–Trinajstić information content (AvgIpc) is 3.00. The van der Waals surface area contributed by atoms with Crippen LogP contribution in [0.3, 0.4) is 0 Å². The summed E-state index contributed by atoms with van der Waals surface area (Å²) in [5.41, 5.74) is -1.15. The van der Waals surface area contributed by atoms with Gasteiger partial charge in [0.1, 0.15) is 5.69 Å². The normalized spacial score (nSPS) is 25.7. The molecular weight excluding hydrogens is 357 g/mol. The molecule has 7 nitrogen and oxygen atoms in total. The molecule has 1 aromatic heterocycles. The highest BCUT2D eigenvalue weighted by molar-refractivity contribution is 5.93. The first kappa shape index (κ1) is 18.4. The summed E-state index contributed by atoms with van der Waals surface area (Å²) < 4.78 is 46.6. The number of rotatable bonds is 4. The number of fused-ring (bicyclic) bond motifs is 1. The van der Waals surface area contributed by atoms with Crippen molar-refractivity contribution >= 4 is 11.9 Å². The van der Waals surface area contributed by atoms with Crippen LogP contribution in [0, 0.1) is 11.3 Å². The second-order valence-corrected chi connectivity index (χ2v) is 6.43. The first-order valence-electron chi connectivity index (χ1n) is 7.98. The number of halogens is 3. The van der Waals surface area contributed by atoms with Crippen molar-refractivity contribution in [3.8, 4) is 5.88 Å². The van der Waals surface area contributed by atoms with Gasteiger partial charge in [0.25, 0.3) is 5.91 Å². The van der Waals surface area contributed by atoms with E-state index < -0.39 is 30.1 Å². The van der Waals surface area contributed by atoms with Gasteiger partial charge in [-0.3, -0.25) is 9.59 Å². The Bertz CT molecular complexity index is 711. The molecule has 1 amide bonds. The third-order valence-corrected chi connectivity index (χ3v) is 4.75. The Kier molecular flexibility index (Phi) is 4.78. The lowest BCUT2D eigenvalue weighted by atomic mass is 9.74. The summed E-state index contributed by atoms with van der Waals surface area (Å²) in [5.74, 6) is -2.17. The zero-order chi connectivity index (χ0) is 18.9. The summed E-state index contributed by atoms with van der Waals surface area (Å²) in [4.78, 5) is 29.6. The number of nitrogens with zero attached hydrogens (tertiary/aromatic N) is 2. The predicted molar refractivity (Wildman–Crippen MR) is 80.7 cm³/mol. The molecular formula is C16H17F3N2O5. The summed E-state index contributed by atoms with van der Waals surface area (Å²) in [6.45, 7) is -0.740. The maximum atomic E-state index is 12.7. The maximum Gasteiger partial charge on any atom is 0.422 e. The summed E-state index contributed by atoms with van der Waals surface area (Å²) >= 11 is 0. The Morgan fingerprint density at radius 1 is 1.42 bits per heavy atom. The highest BCUT2D eigenvalue weighted by Gasteiger charge is 2.55. The second kappa shape index (κ2) is 6.75. The highest BCUT2D eigenvalue weighted by Crippen LogP contribution is 2.42. The van der Waals surface area contributed by atoms with E-state index in [0.29, 0.717) is 13.0 Å². The molecule has 10 heteroatoms. The molecule has 0 aromatic carbocycles. The first-order valence-corrected chi connectivity index (χ1v) is 7.98. The molecule has 142 valence electrons. The number of aliphatic carboxylic acids is 1. The molecule has 0 radical (unpaired) electrons. The molecule has 0 spiro atoms. The number of hydrogen-bond acceptors (Lipinski definition) is 5. The summed E-state index contributed by atoms with van der Waals surface area (Å²) in [5, 5.41) is 9.62. The number of alkyl halides is 3. The standard InChI is InChI=1S/C16H17F3N2O5/c17-16(18,19)9-26-12-3-1-2-11(20-12)13(22)21-6-10-7-25-5-4-15(10,8-21)14(23)24/h1-3,10H,4-9H2,(H,23,24)/t10-,15+/m0/s1. The second-order valence-electron chi connectivity index (χ2n) is 6.43. The van der Waals surface area contributed by atoms with Crippen LogP contribution in [0.15, 0.2) is 18.2 Å². The van der Waals surface area contributed by atoms with Gasteiger partial charge in [-0.25, -0.2) is 4.98 Å². The fourth-order valence-corrected chi connectivity index (χ4v) is 3.39. The largest absolute Gasteiger partial charge is 0.481 e. The number of carbonyl (C=O) groups is 2. The van der Waals surface area contributed by atoms with E-state index in [9.17, 15) is 27.9 Å². The molecule has 26 heavy (non-hydrogen) atoms. The number of aromatic nitrogens is 1. The number of pyridine rings is 1. The molecule has 1 aromatic rings. The SMILES string of the molecule is O=C(c1cccc(OCC(F)(F)F)n1)N1C[C@H]2COCC[C@@]2(C(=O)O)C1. The van der Waals surface area contributed by atoms with Crippen molar-refractivity contribution in [2.24, 2.45) is 11.3 Å². The lowest BCUT2D eigenvalue weighted by Gasteiger charge is -2.33. The van der Waals surface area contributed by atoms with E-state index in [1.165, 1.54) is 23.1 Å². The van der Waals surface area contributed by atoms with Gasteiger partial charge in [-0.05, 0) is 12.5 Å². The Balaban J connectivity index is 1.75. The lowest BCUT2D eigenvalue weighted by Crippen LogP contribution is -2.45. The van der Waals surface area contributed by atoms with Crippen molar-refractivity contribution in [3.05, 3.63) is 23.9 Å². The molecule has 3 heterocycles. The van der Waals surface area contributed by atoms with Crippen LogP contribution in [0.5, 0.6) is 5.88 Å². The highest BCUT2D eigenvalue weighted by atomic mass is 19.4. The molecule has 3 rings (SSSR count). The average molecular weight is 374 g/mol. The van der Waals surface area contributed by atoms with Crippen molar-refractivity contribution in [2.45, 2.75) is 12.6 Å². The van der Waals surface area contributed by atoms with Crippen LogP contribution in [0.1, 0.15) is 16.9 Å². The van der Waals surface area contributed by atoms with Crippen LogP contribution in [-0.4, -0.2) is 66.0 Å².